The molecule has 3 rings (SSSR count). The van der Waals surface area contributed by atoms with Gasteiger partial charge in [-0.3, -0.25) is 4.79 Å². The number of carbonyl (C=O) groups excluding carboxylic acids is 1. The third-order valence-corrected chi connectivity index (χ3v) is 6.30. The number of amides is 1. The molecule has 26 heavy (non-hydrogen) atoms. The number of rotatable bonds is 5. The van der Waals surface area contributed by atoms with E-state index in [0.717, 1.165) is 5.56 Å². The van der Waals surface area contributed by atoms with Gasteiger partial charge in [-0.25, -0.2) is 18.4 Å². The summed E-state index contributed by atoms with van der Waals surface area (Å²) < 4.78 is 23.2. The fourth-order valence-corrected chi connectivity index (χ4v) is 4.64. The van der Waals surface area contributed by atoms with Crippen LogP contribution in [0, 0.1) is 6.92 Å². The van der Waals surface area contributed by atoms with Crippen LogP contribution in [0.4, 0.5) is 5.95 Å². The van der Waals surface area contributed by atoms with Crippen LogP contribution in [0.15, 0.2) is 36.7 Å². The van der Waals surface area contributed by atoms with E-state index in [-0.39, 0.29) is 23.5 Å². The van der Waals surface area contributed by atoms with Crippen LogP contribution < -0.4 is 5.32 Å². The monoisotopic (exact) mass is 374 g/mol. The fourth-order valence-electron chi connectivity index (χ4n) is 2.87. The molecule has 1 aromatic carbocycles. The van der Waals surface area contributed by atoms with Gasteiger partial charge in [0, 0.05) is 32.0 Å². The lowest BCUT2D eigenvalue weighted by Gasteiger charge is -2.23. The smallest absolute Gasteiger partial charge is 0.257 e. The number of aromatic nitrogens is 2. The van der Waals surface area contributed by atoms with Crippen LogP contribution in [0.25, 0.3) is 0 Å². The Balaban J connectivity index is 1.59. The molecule has 0 radical (unpaired) electrons. The zero-order valence-electron chi connectivity index (χ0n) is 14.8. The molecule has 1 atom stereocenters. The fraction of sp³-hybridized carbons (Fsp3) is 0.389. The van der Waals surface area contributed by atoms with Crippen LogP contribution in [0.5, 0.6) is 0 Å². The maximum Gasteiger partial charge on any atom is 0.257 e. The topological polar surface area (TPSA) is 92.3 Å². The highest BCUT2D eigenvalue weighted by atomic mass is 32.2. The van der Waals surface area contributed by atoms with E-state index in [0.29, 0.717) is 24.5 Å². The first-order chi connectivity index (χ1) is 12.3. The van der Waals surface area contributed by atoms with Crippen molar-refractivity contribution in [1.82, 2.24) is 14.9 Å². The van der Waals surface area contributed by atoms with Gasteiger partial charge in [0.15, 0.2) is 9.84 Å². The second-order valence-electron chi connectivity index (χ2n) is 6.61. The van der Waals surface area contributed by atoms with E-state index in [1.54, 1.807) is 7.05 Å². The van der Waals surface area contributed by atoms with Crippen molar-refractivity contribution in [3.63, 3.8) is 0 Å². The minimum atomic E-state index is -3.03. The zero-order chi connectivity index (χ0) is 18.7. The number of benzene rings is 1. The van der Waals surface area contributed by atoms with Crippen molar-refractivity contribution in [2.75, 3.05) is 23.9 Å². The van der Waals surface area contributed by atoms with Gasteiger partial charge < -0.3 is 10.2 Å². The third-order valence-electron chi connectivity index (χ3n) is 4.55. The number of anilines is 1. The van der Waals surface area contributed by atoms with Gasteiger partial charge in [0.25, 0.3) is 5.91 Å². The Hall–Kier alpha value is -2.48. The van der Waals surface area contributed by atoms with Crippen LogP contribution in [0.1, 0.15) is 27.9 Å². The number of aryl methyl sites for hydroxylation is 1. The molecule has 138 valence electrons. The van der Waals surface area contributed by atoms with E-state index in [1.165, 1.54) is 22.9 Å². The average molecular weight is 374 g/mol. The lowest BCUT2D eigenvalue weighted by molar-refractivity contribution is 0.0747. The van der Waals surface area contributed by atoms with Gasteiger partial charge in [-0.05, 0) is 18.9 Å². The Morgan fingerprint density at radius 1 is 1.23 bits per heavy atom. The highest BCUT2D eigenvalue weighted by Gasteiger charge is 2.33. The normalized spacial score (nSPS) is 18.5. The summed E-state index contributed by atoms with van der Waals surface area (Å²) in [5, 5.41) is 3.12. The summed E-state index contributed by atoms with van der Waals surface area (Å²) >= 11 is 0. The minimum Gasteiger partial charge on any atom is -0.350 e. The SMILES string of the molecule is Cc1ccc(CNc2ncc(C(=O)N(C)C3CCS(=O)(=O)C3)cn2)cc1. The molecule has 2 heterocycles. The van der Waals surface area contributed by atoms with Crippen molar-refractivity contribution in [2.24, 2.45) is 0 Å². The Labute approximate surface area is 153 Å². The third kappa shape index (κ3) is 4.37. The average Bonchev–Trinajstić information content (AvgIpc) is 3.00. The minimum absolute atomic E-state index is 0.0201. The van der Waals surface area contributed by atoms with E-state index in [2.05, 4.69) is 15.3 Å². The standard InChI is InChI=1S/C18H22N4O3S/c1-13-3-5-14(6-4-13)9-19-18-20-10-15(11-21-18)17(23)22(2)16-7-8-26(24,25)12-16/h3-6,10-11,16H,7-9,12H2,1-2H3,(H,19,20,21). The first kappa shape index (κ1) is 18.3. The number of nitrogens with zero attached hydrogens (tertiary/aromatic N) is 3. The van der Waals surface area contributed by atoms with Crippen molar-refractivity contribution in [1.29, 1.82) is 0 Å². The molecule has 1 aliphatic heterocycles. The van der Waals surface area contributed by atoms with E-state index >= 15 is 0 Å². The van der Waals surface area contributed by atoms with Gasteiger partial charge in [0.2, 0.25) is 5.95 Å². The highest BCUT2D eigenvalue weighted by Crippen LogP contribution is 2.18. The summed E-state index contributed by atoms with van der Waals surface area (Å²) in [5.74, 6) is 0.324. The van der Waals surface area contributed by atoms with Gasteiger partial charge >= 0.3 is 0 Å². The molecule has 0 bridgehead atoms. The van der Waals surface area contributed by atoms with Crippen LogP contribution in [-0.2, 0) is 16.4 Å². The van der Waals surface area contributed by atoms with Crippen molar-refractivity contribution >= 4 is 21.7 Å². The van der Waals surface area contributed by atoms with Crippen molar-refractivity contribution in [3.8, 4) is 0 Å². The number of sulfone groups is 1. The second-order valence-corrected chi connectivity index (χ2v) is 8.84. The number of hydrogen-bond acceptors (Lipinski definition) is 6. The van der Waals surface area contributed by atoms with E-state index in [1.807, 2.05) is 31.2 Å². The molecule has 1 amide bonds. The Morgan fingerprint density at radius 3 is 2.46 bits per heavy atom. The second kappa shape index (κ2) is 7.41. The molecular formula is C18H22N4O3S. The maximum atomic E-state index is 12.5. The van der Waals surface area contributed by atoms with Gasteiger partial charge in [0.1, 0.15) is 0 Å². The molecule has 1 aliphatic rings. The summed E-state index contributed by atoms with van der Waals surface area (Å²) in [5.41, 5.74) is 2.66. The molecular weight excluding hydrogens is 352 g/mol. The first-order valence-electron chi connectivity index (χ1n) is 8.43. The zero-order valence-corrected chi connectivity index (χ0v) is 15.7. The summed E-state index contributed by atoms with van der Waals surface area (Å²) in [6.07, 6.45) is 3.40. The van der Waals surface area contributed by atoms with E-state index in [4.69, 9.17) is 0 Å². The van der Waals surface area contributed by atoms with Crippen molar-refractivity contribution in [2.45, 2.75) is 25.9 Å². The quantitative estimate of drug-likeness (QED) is 0.856. The highest BCUT2D eigenvalue weighted by molar-refractivity contribution is 7.91. The molecule has 1 fully saturated rings. The Morgan fingerprint density at radius 2 is 1.88 bits per heavy atom. The molecule has 0 aliphatic carbocycles. The number of nitrogens with one attached hydrogen (secondary N) is 1. The molecule has 2 aromatic rings. The Kier molecular flexibility index (Phi) is 5.22. The first-order valence-corrected chi connectivity index (χ1v) is 10.3. The van der Waals surface area contributed by atoms with Crippen LogP contribution in [0.3, 0.4) is 0 Å². The van der Waals surface area contributed by atoms with E-state index < -0.39 is 9.84 Å². The number of hydrogen-bond donors (Lipinski definition) is 1. The molecule has 1 saturated heterocycles. The van der Waals surface area contributed by atoms with Crippen LogP contribution >= 0.6 is 0 Å². The molecule has 0 spiro atoms. The van der Waals surface area contributed by atoms with Crippen molar-refractivity contribution in [3.05, 3.63) is 53.3 Å². The lowest BCUT2D eigenvalue weighted by atomic mass is 10.1. The number of carbonyl (C=O) groups is 1. The van der Waals surface area contributed by atoms with Gasteiger partial charge in [-0.15, -0.1) is 0 Å². The molecule has 8 heteroatoms. The van der Waals surface area contributed by atoms with Crippen LogP contribution in [-0.4, -0.2) is 53.8 Å². The lowest BCUT2D eigenvalue weighted by Crippen LogP contribution is -2.37. The Bertz CT molecular complexity index is 880. The summed E-state index contributed by atoms with van der Waals surface area (Å²) in [7, 11) is -1.41. The summed E-state index contributed by atoms with van der Waals surface area (Å²) in [4.78, 5) is 22.3. The maximum absolute atomic E-state index is 12.5. The van der Waals surface area contributed by atoms with Gasteiger partial charge in [0.05, 0.1) is 17.1 Å². The van der Waals surface area contributed by atoms with Gasteiger partial charge in [-0.2, -0.15) is 0 Å². The summed E-state index contributed by atoms with van der Waals surface area (Å²) in [6, 6.07) is 7.86. The molecule has 7 nitrogen and oxygen atoms in total. The van der Waals surface area contributed by atoms with Crippen molar-refractivity contribution < 1.29 is 13.2 Å². The molecule has 1 N–H and O–H groups in total. The predicted octanol–water partition coefficient (Wildman–Crippen LogP) is 1.66. The predicted molar refractivity (Wildman–Crippen MR) is 99.7 cm³/mol. The van der Waals surface area contributed by atoms with Crippen LogP contribution in [0.2, 0.25) is 0 Å². The van der Waals surface area contributed by atoms with Gasteiger partial charge in [-0.1, -0.05) is 29.8 Å². The molecule has 1 unspecified atom stereocenters. The summed E-state index contributed by atoms with van der Waals surface area (Å²) in [6.45, 7) is 2.63. The van der Waals surface area contributed by atoms with E-state index in [9.17, 15) is 13.2 Å². The largest absolute Gasteiger partial charge is 0.350 e. The molecule has 1 aromatic heterocycles. The molecule has 0 saturated carbocycles.